The molecule has 0 aliphatic rings. The fourth-order valence-corrected chi connectivity index (χ4v) is 2.14. The Balaban J connectivity index is 2.65. The third kappa shape index (κ3) is 4.56. The van der Waals surface area contributed by atoms with Crippen LogP contribution in [-0.2, 0) is 4.79 Å². The Hall–Kier alpha value is -1.55. The van der Waals surface area contributed by atoms with Gasteiger partial charge in [-0.05, 0) is 38.8 Å². The number of rotatable bonds is 5. The molecule has 0 aromatic heterocycles. The van der Waals surface area contributed by atoms with Gasteiger partial charge in [0.25, 0.3) is 5.91 Å². The number of hydrogen-bond donors (Lipinski definition) is 1. The maximum atomic E-state index is 11.8. The molecule has 1 amide bonds. The molecule has 1 aromatic carbocycles. The van der Waals surface area contributed by atoms with Crippen LogP contribution in [0.4, 0.5) is 0 Å². The summed E-state index contributed by atoms with van der Waals surface area (Å²) in [6.07, 6.45) is -0.531. The minimum atomic E-state index is -0.531. The summed E-state index contributed by atoms with van der Waals surface area (Å²) in [5.74, 6) is 0.629. The summed E-state index contributed by atoms with van der Waals surface area (Å²) in [5, 5.41) is 9.24. The second-order valence-corrected chi connectivity index (χ2v) is 5.14. The van der Waals surface area contributed by atoms with E-state index in [1.54, 1.807) is 14.0 Å². The molecule has 0 saturated carbocycles. The van der Waals surface area contributed by atoms with Crippen LogP contribution in [0.25, 0.3) is 0 Å². The maximum Gasteiger partial charge on any atom is 0.260 e. The third-order valence-corrected chi connectivity index (χ3v) is 2.91. The Kier molecular flexibility index (Phi) is 5.36. The van der Waals surface area contributed by atoms with Crippen LogP contribution in [0.3, 0.4) is 0 Å². The maximum absolute atomic E-state index is 11.8. The van der Waals surface area contributed by atoms with Crippen molar-refractivity contribution >= 4 is 5.91 Å². The molecule has 0 aliphatic carbocycles. The highest BCUT2D eigenvalue weighted by molar-refractivity contribution is 5.77. The number of carbonyl (C=O) groups excluding carboxylic acids is 1. The summed E-state index contributed by atoms with van der Waals surface area (Å²) < 4.78 is 5.61. The van der Waals surface area contributed by atoms with E-state index in [1.165, 1.54) is 10.5 Å². The molecule has 0 bridgehead atoms. The van der Waals surface area contributed by atoms with Crippen molar-refractivity contribution in [3.05, 3.63) is 28.8 Å². The van der Waals surface area contributed by atoms with E-state index in [1.807, 2.05) is 32.9 Å². The zero-order chi connectivity index (χ0) is 14.6. The van der Waals surface area contributed by atoms with Crippen molar-refractivity contribution in [1.82, 2.24) is 4.90 Å². The van der Waals surface area contributed by atoms with Gasteiger partial charge in [0.05, 0.1) is 6.10 Å². The topological polar surface area (TPSA) is 49.8 Å². The highest BCUT2D eigenvalue weighted by atomic mass is 16.5. The molecule has 0 spiro atoms. The molecular formula is C15H23NO3. The van der Waals surface area contributed by atoms with Crippen molar-refractivity contribution in [3.8, 4) is 5.75 Å². The van der Waals surface area contributed by atoms with E-state index in [0.717, 1.165) is 16.9 Å². The van der Waals surface area contributed by atoms with Crippen LogP contribution >= 0.6 is 0 Å². The van der Waals surface area contributed by atoms with Gasteiger partial charge in [-0.2, -0.15) is 0 Å². The van der Waals surface area contributed by atoms with Gasteiger partial charge in [-0.25, -0.2) is 0 Å². The van der Waals surface area contributed by atoms with Gasteiger partial charge in [0.15, 0.2) is 6.61 Å². The van der Waals surface area contributed by atoms with Crippen molar-refractivity contribution in [2.45, 2.75) is 33.8 Å². The molecule has 0 radical (unpaired) electrons. The largest absolute Gasteiger partial charge is 0.483 e. The number of carbonyl (C=O) groups is 1. The second-order valence-electron chi connectivity index (χ2n) is 5.14. The van der Waals surface area contributed by atoms with Gasteiger partial charge in [-0.15, -0.1) is 0 Å². The molecular weight excluding hydrogens is 242 g/mol. The van der Waals surface area contributed by atoms with Gasteiger partial charge in [-0.3, -0.25) is 4.79 Å². The van der Waals surface area contributed by atoms with E-state index in [4.69, 9.17) is 4.74 Å². The van der Waals surface area contributed by atoms with Crippen LogP contribution in [-0.4, -0.2) is 42.2 Å². The van der Waals surface area contributed by atoms with E-state index >= 15 is 0 Å². The zero-order valence-electron chi connectivity index (χ0n) is 12.4. The SMILES string of the molecule is Cc1cc(C)c(OCC(=O)N(C)CC(C)O)c(C)c1. The van der Waals surface area contributed by atoms with Crippen molar-refractivity contribution in [2.75, 3.05) is 20.2 Å². The van der Waals surface area contributed by atoms with Crippen LogP contribution in [0.2, 0.25) is 0 Å². The Bertz CT molecular complexity index is 432. The van der Waals surface area contributed by atoms with Crippen LogP contribution < -0.4 is 4.74 Å². The molecule has 0 heterocycles. The molecule has 4 nitrogen and oxygen atoms in total. The monoisotopic (exact) mass is 265 g/mol. The number of nitrogens with zero attached hydrogens (tertiary/aromatic N) is 1. The number of aliphatic hydroxyl groups is 1. The average Bonchev–Trinajstić information content (AvgIpc) is 2.26. The Morgan fingerprint density at radius 2 is 1.84 bits per heavy atom. The van der Waals surface area contributed by atoms with E-state index in [-0.39, 0.29) is 12.5 Å². The predicted octanol–water partition coefficient (Wildman–Crippen LogP) is 1.83. The second kappa shape index (κ2) is 6.57. The van der Waals surface area contributed by atoms with Gasteiger partial charge < -0.3 is 14.7 Å². The Labute approximate surface area is 115 Å². The fourth-order valence-electron chi connectivity index (χ4n) is 2.14. The number of likely N-dealkylation sites (N-methyl/N-ethyl adjacent to an activating group) is 1. The number of amides is 1. The number of hydrogen-bond acceptors (Lipinski definition) is 3. The highest BCUT2D eigenvalue weighted by Crippen LogP contribution is 2.24. The number of aryl methyl sites for hydroxylation is 3. The van der Waals surface area contributed by atoms with Crippen LogP contribution in [0.15, 0.2) is 12.1 Å². The Morgan fingerprint density at radius 1 is 1.32 bits per heavy atom. The van der Waals surface area contributed by atoms with Gasteiger partial charge in [0.2, 0.25) is 0 Å². The molecule has 19 heavy (non-hydrogen) atoms. The first-order valence-corrected chi connectivity index (χ1v) is 6.44. The summed E-state index contributed by atoms with van der Waals surface area (Å²) in [5.41, 5.74) is 3.24. The predicted molar refractivity (Wildman–Crippen MR) is 75.5 cm³/mol. The fraction of sp³-hybridized carbons (Fsp3) is 0.533. The van der Waals surface area contributed by atoms with Gasteiger partial charge >= 0.3 is 0 Å². The lowest BCUT2D eigenvalue weighted by Crippen LogP contribution is -2.36. The number of benzene rings is 1. The van der Waals surface area contributed by atoms with Crippen LogP contribution in [0.5, 0.6) is 5.75 Å². The zero-order valence-corrected chi connectivity index (χ0v) is 12.4. The van der Waals surface area contributed by atoms with Crippen molar-refractivity contribution < 1.29 is 14.6 Å². The van der Waals surface area contributed by atoms with Crippen molar-refractivity contribution in [3.63, 3.8) is 0 Å². The van der Waals surface area contributed by atoms with E-state index in [9.17, 15) is 9.90 Å². The van der Waals surface area contributed by atoms with Gasteiger partial charge in [-0.1, -0.05) is 17.7 Å². The molecule has 0 fully saturated rings. The molecule has 1 unspecified atom stereocenters. The molecule has 1 aromatic rings. The van der Waals surface area contributed by atoms with E-state index < -0.39 is 6.10 Å². The first-order chi connectivity index (χ1) is 8.81. The van der Waals surface area contributed by atoms with E-state index in [2.05, 4.69) is 0 Å². The summed E-state index contributed by atoms with van der Waals surface area (Å²) in [6.45, 7) is 7.94. The summed E-state index contributed by atoms with van der Waals surface area (Å²) in [6, 6.07) is 4.07. The molecule has 1 atom stereocenters. The quantitative estimate of drug-likeness (QED) is 0.883. The smallest absolute Gasteiger partial charge is 0.260 e. The average molecular weight is 265 g/mol. The van der Waals surface area contributed by atoms with Crippen molar-refractivity contribution in [2.24, 2.45) is 0 Å². The standard InChI is InChI=1S/C15H23NO3/c1-10-6-11(2)15(12(3)7-10)19-9-14(18)16(5)8-13(4)17/h6-7,13,17H,8-9H2,1-5H3. The molecule has 4 heteroatoms. The molecule has 1 N–H and O–H groups in total. The highest BCUT2D eigenvalue weighted by Gasteiger charge is 2.13. The van der Waals surface area contributed by atoms with E-state index in [0.29, 0.717) is 6.54 Å². The number of ether oxygens (including phenoxy) is 1. The van der Waals surface area contributed by atoms with Crippen LogP contribution in [0.1, 0.15) is 23.6 Å². The summed E-state index contributed by atoms with van der Waals surface area (Å²) >= 11 is 0. The van der Waals surface area contributed by atoms with Gasteiger partial charge in [0, 0.05) is 13.6 Å². The lowest BCUT2D eigenvalue weighted by Gasteiger charge is -2.20. The summed E-state index contributed by atoms with van der Waals surface area (Å²) in [4.78, 5) is 13.3. The normalized spacial score (nSPS) is 12.1. The minimum Gasteiger partial charge on any atom is -0.483 e. The lowest BCUT2D eigenvalue weighted by atomic mass is 10.1. The number of aliphatic hydroxyl groups excluding tert-OH is 1. The first-order valence-electron chi connectivity index (χ1n) is 6.44. The summed E-state index contributed by atoms with van der Waals surface area (Å²) in [7, 11) is 1.66. The minimum absolute atomic E-state index is 0.00599. The first kappa shape index (κ1) is 15.5. The third-order valence-electron chi connectivity index (χ3n) is 2.91. The molecule has 0 saturated heterocycles. The van der Waals surface area contributed by atoms with Gasteiger partial charge in [0.1, 0.15) is 5.75 Å². The molecule has 0 aliphatic heterocycles. The van der Waals surface area contributed by atoms with Crippen molar-refractivity contribution in [1.29, 1.82) is 0 Å². The molecule has 1 rings (SSSR count). The lowest BCUT2D eigenvalue weighted by molar-refractivity contribution is -0.133. The molecule has 106 valence electrons. The van der Waals surface area contributed by atoms with Crippen LogP contribution in [0, 0.1) is 20.8 Å². The Morgan fingerprint density at radius 3 is 2.32 bits per heavy atom.